The van der Waals surface area contributed by atoms with Crippen molar-refractivity contribution in [2.75, 3.05) is 0 Å². The first-order chi connectivity index (χ1) is 20.2. The normalized spacial score (nSPS) is 13.7. The van der Waals surface area contributed by atoms with Gasteiger partial charge in [-0.15, -0.1) is 0 Å². The largest absolute Gasteiger partial charge is 0.258 e. The van der Waals surface area contributed by atoms with E-state index in [9.17, 15) is 0 Å². The van der Waals surface area contributed by atoms with Crippen molar-refractivity contribution in [1.82, 2.24) is 4.98 Å². The highest BCUT2D eigenvalue weighted by molar-refractivity contribution is 5.32. The van der Waals surface area contributed by atoms with Gasteiger partial charge in [0.2, 0.25) is 0 Å². The number of aromatic nitrogens is 2. The first kappa shape index (κ1) is 33.2. The second-order valence-corrected chi connectivity index (χ2v) is 12.8. The zero-order valence-corrected chi connectivity index (χ0v) is 26.9. The molecule has 0 bridgehead atoms. The summed E-state index contributed by atoms with van der Waals surface area (Å²) >= 11 is 0. The van der Waals surface area contributed by atoms with E-state index in [4.69, 9.17) is 0 Å². The predicted octanol–water partition coefficient (Wildman–Crippen LogP) is 11.3. The Labute approximate surface area is 253 Å². The lowest BCUT2D eigenvalue weighted by molar-refractivity contribution is -0.705. The molecule has 0 aliphatic heterocycles. The Hall–Kier alpha value is -2.35. The zero-order valence-electron chi connectivity index (χ0n) is 26.9. The molecule has 41 heavy (non-hydrogen) atoms. The molecule has 0 fully saturated rings. The molecule has 2 heteroatoms. The fourth-order valence-corrected chi connectivity index (χ4v) is 6.79. The van der Waals surface area contributed by atoms with Crippen molar-refractivity contribution >= 4 is 0 Å². The van der Waals surface area contributed by atoms with Crippen LogP contribution in [0.1, 0.15) is 153 Å². The minimum atomic E-state index is 0.00945. The lowest BCUT2D eigenvalue weighted by Gasteiger charge is -2.37. The van der Waals surface area contributed by atoms with E-state index in [0.29, 0.717) is 5.92 Å². The molecule has 1 aromatic heterocycles. The van der Waals surface area contributed by atoms with Crippen LogP contribution >= 0.6 is 0 Å². The molecular weight excluding hydrogens is 496 g/mol. The maximum Gasteiger partial charge on any atom is 0.258 e. The minimum Gasteiger partial charge on any atom is -0.247 e. The van der Waals surface area contributed by atoms with Gasteiger partial charge in [-0.1, -0.05) is 171 Å². The third kappa shape index (κ3) is 11.4. The van der Waals surface area contributed by atoms with E-state index in [0.717, 1.165) is 13.0 Å². The third-order valence-corrected chi connectivity index (χ3v) is 9.34. The van der Waals surface area contributed by atoms with Gasteiger partial charge < -0.3 is 0 Å². The van der Waals surface area contributed by atoms with Crippen molar-refractivity contribution in [3.8, 4) is 0 Å². The van der Waals surface area contributed by atoms with Crippen molar-refractivity contribution < 1.29 is 4.57 Å². The number of hydrogen-bond donors (Lipinski definition) is 1. The Morgan fingerprint density at radius 2 is 1.15 bits per heavy atom. The number of unbranched alkanes of at least 4 members (excludes halogenated alkanes) is 14. The maximum atomic E-state index is 3.78. The number of nitrogens with one attached hydrogen (secondary N) is 1. The topological polar surface area (TPSA) is 19.7 Å². The number of H-pyrrole nitrogens is 1. The SMILES string of the molecule is CCCCCCCCCCCC(c1[nH]cc[n+]1CCCCCCCCC)C(C)(Cc1ccccc1)c1ccccc1. The average molecular weight is 558 g/mol. The number of aryl methyl sites for hydroxylation is 1. The number of hydrogen-bond acceptors (Lipinski definition) is 0. The fraction of sp³-hybridized carbons (Fsp3) is 0.615. The average Bonchev–Trinajstić information content (AvgIpc) is 3.46. The third-order valence-electron chi connectivity index (χ3n) is 9.34. The summed E-state index contributed by atoms with van der Waals surface area (Å²) in [6.07, 6.45) is 28.7. The van der Waals surface area contributed by atoms with E-state index in [1.54, 1.807) is 0 Å². The Balaban J connectivity index is 1.75. The van der Waals surface area contributed by atoms with E-state index >= 15 is 0 Å². The summed E-state index contributed by atoms with van der Waals surface area (Å²) in [6.45, 7) is 8.26. The number of rotatable bonds is 23. The molecule has 3 rings (SSSR count). The van der Waals surface area contributed by atoms with E-state index in [1.807, 2.05) is 0 Å². The van der Waals surface area contributed by atoms with E-state index < -0.39 is 0 Å². The lowest BCUT2D eigenvalue weighted by atomic mass is 9.66. The zero-order chi connectivity index (χ0) is 29.0. The van der Waals surface area contributed by atoms with E-state index in [2.05, 4.69) is 103 Å². The Morgan fingerprint density at radius 1 is 0.634 bits per heavy atom. The predicted molar refractivity (Wildman–Crippen MR) is 178 cm³/mol. The smallest absolute Gasteiger partial charge is 0.247 e. The number of benzene rings is 2. The first-order valence-corrected chi connectivity index (χ1v) is 17.3. The molecule has 2 atom stereocenters. The highest BCUT2D eigenvalue weighted by Crippen LogP contribution is 2.43. The van der Waals surface area contributed by atoms with Crippen molar-refractivity contribution in [2.24, 2.45) is 0 Å². The monoisotopic (exact) mass is 557 g/mol. The first-order valence-electron chi connectivity index (χ1n) is 17.3. The van der Waals surface area contributed by atoms with Crippen LogP contribution in [-0.2, 0) is 18.4 Å². The summed E-state index contributed by atoms with van der Waals surface area (Å²) < 4.78 is 2.57. The number of imidazole rings is 1. The molecule has 2 nitrogen and oxygen atoms in total. The van der Waals surface area contributed by atoms with E-state index in [-0.39, 0.29) is 5.41 Å². The molecule has 1 N–H and O–H groups in total. The van der Waals surface area contributed by atoms with Gasteiger partial charge in [0.1, 0.15) is 12.4 Å². The van der Waals surface area contributed by atoms with Crippen LogP contribution in [0, 0.1) is 0 Å². The van der Waals surface area contributed by atoms with Crippen LogP contribution in [0.15, 0.2) is 73.1 Å². The summed E-state index contributed by atoms with van der Waals surface area (Å²) in [5.74, 6) is 1.87. The standard InChI is InChI=1S/C39H60N2/c1-4-6-8-10-12-13-14-16-24-30-37(38-40-31-33-41(38)32-25-17-15-11-9-7-5-2)39(3,36-28-22-19-23-29-36)34-35-26-20-18-21-27-35/h18-23,26-29,31,33,37H,4-17,24-25,30,32,34H2,1-3H3/p+1. The van der Waals surface area contributed by atoms with Gasteiger partial charge in [0, 0.05) is 5.41 Å². The quantitative estimate of drug-likeness (QED) is 0.0883. The summed E-state index contributed by atoms with van der Waals surface area (Å²) in [7, 11) is 0. The Kier molecular flexibility index (Phi) is 15.9. The molecule has 226 valence electrons. The molecular formula is C39H61N2+. The van der Waals surface area contributed by atoms with E-state index in [1.165, 1.54) is 126 Å². The molecule has 3 aromatic rings. The molecule has 0 saturated heterocycles. The van der Waals surface area contributed by atoms with Gasteiger partial charge >= 0.3 is 0 Å². The molecule has 2 unspecified atom stereocenters. The van der Waals surface area contributed by atoms with Gasteiger partial charge in [0.25, 0.3) is 5.82 Å². The Morgan fingerprint density at radius 3 is 1.73 bits per heavy atom. The van der Waals surface area contributed by atoms with Crippen LogP contribution in [0.25, 0.3) is 0 Å². The second-order valence-electron chi connectivity index (χ2n) is 12.8. The Bertz CT molecular complexity index is 1020. The van der Waals surface area contributed by atoms with Crippen molar-refractivity contribution in [2.45, 2.75) is 154 Å². The molecule has 0 aliphatic carbocycles. The molecule has 0 aliphatic rings. The van der Waals surface area contributed by atoms with Crippen molar-refractivity contribution in [3.05, 3.63) is 90.0 Å². The number of aromatic amines is 1. The number of nitrogens with zero attached hydrogens (tertiary/aromatic N) is 1. The van der Waals surface area contributed by atoms with Crippen LogP contribution in [0.2, 0.25) is 0 Å². The second kappa shape index (κ2) is 19.7. The van der Waals surface area contributed by atoms with Gasteiger partial charge in [-0.05, 0) is 36.8 Å². The molecule has 1 heterocycles. The van der Waals surface area contributed by atoms with Gasteiger partial charge in [0.05, 0.1) is 12.5 Å². The van der Waals surface area contributed by atoms with Crippen LogP contribution in [0.4, 0.5) is 0 Å². The molecule has 0 amide bonds. The van der Waals surface area contributed by atoms with Gasteiger partial charge in [-0.2, -0.15) is 0 Å². The van der Waals surface area contributed by atoms with Crippen molar-refractivity contribution in [3.63, 3.8) is 0 Å². The van der Waals surface area contributed by atoms with Gasteiger partial charge in [-0.25, -0.2) is 9.55 Å². The summed E-state index contributed by atoms with van der Waals surface area (Å²) in [5.41, 5.74) is 2.90. The fourth-order valence-electron chi connectivity index (χ4n) is 6.79. The minimum absolute atomic E-state index is 0.00945. The van der Waals surface area contributed by atoms with Gasteiger partial charge in [0.15, 0.2) is 0 Å². The van der Waals surface area contributed by atoms with Gasteiger partial charge in [-0.3, -0.25) is 0 Å². The maximum absolute atomic E-state index is 3.78. The van der Waals surface area contributed by atoms with Crippen LogP contribution in [0.5, 0.6) is 0 Å². The molecule has 0 saturated carbocycles. The highest BCUT2D eigenvalue weighted by atomic mass is 15.1. The summed E-state index contributed by atoms with van der Waals surface area (Å²) in [4.78, 5) is 3.78. The molecule has 2 aromatic carbocycles. The summed E-state index contributed by atoms with van der Waals surface area (Å²) in [6, 6.07) is 22.5. The van der Waals surface area contributed by atoms with Crippen LogP contribution in [0.3, 0.4) is 0 Å². The lowest BCUT2D eigenvalue weighted by Crippen LogP contribution is -2.43. The highest BCUT2D eigenvalue weighted by Gasteiger charge is 2.41. The van der Waals surface area contributed by atoms with Crippen LogP contribution in [-0.4, -0.2) is 4.98 Å². The molecule has 0 spiro atoms. The summed E-state index contributed by atoms with van der Waals surface area (Å²) in [5, 5.41) is 0. The van der Waals surface area contributed by atoms with Crippen LogP contribution < -0.4 is 4.57 Å². The van der Waals surface area contributed by atoms with Crippen molar-refractivity contribution in [1.29, 1.82) is 0 Å². The molecule has 0 radical (unpaired) electrons.